The van der Waals surface area contributed by atoms with Crippen molar-refractivity contribution >= 4 is 15.9 Å². The Balaban J connectivity index is 2.04. The summed E-state index contributed by atoms with van der Waals surface area (Å²) in [4.78, 5) is 13.9. The second-order valence-corrected chi connectivity index (χ2v) is 6.61. The maximum atomic E-state index is 12.2. The summed E-state index contributed by atoms with van der Waals surface area (Å²) in [5, 5.41) is 0. The molecule has 0 aromatic heterocycles. The van der Waals surface area contributed by atoms with E-state index in [4.69, 9.17) is 0 Å². The van der Waals surface area contributed by atoms with Crippen LogP contribution in [0.2, 0.25) is 0 Å². The first-order valence-corrected chi connectivity index (χ1v) is 8.15. The topological polar surface area (TPSA) is 66.5 Å². The third-order valence-electron chi connectivity index (χ3n) is 3.10. The lowest BCUT2D eigenvalue weighted by Gasteiger charge is -2.32. The van der Waals surface area contributed by atoms with Crippen LogP contribution < -0.4 is 4.72 Å². The first-order chi connectivity index (χ1) is 8.96. The van der Waals surface area contributed by atoms with Gasteiger partial charge in [-0.2, -0.15) is 0 Å². The molecule has 1 aliphatic heterocycles. The monoisotopic (exact) mass is 282 g/mol. The smallest absolute Gasteiger partial charge is 0.241 e. The van der Waals surface area contributed by atoms with Crippen molar-refractivity contribution in [1.29, 1.82) is 0 Å². The van der Waals surface area contributed by atoms with Gasteiger partial charge in [0.25, 0.3) is 0 Å². The molecule has 6 heteroatoms. The molecule has 1 aromatic rings. The van der Waals surface area contributed by atoms with E-state index in [1.165, 1.54) is 0 Å². The lowest BCUT2D eigenvalue weighted by molar-refractivity contribution is -0.136. The molecule has 0 aliphatic carbocycles. The van der Waals surface area contributed by atoms with E-state index in [0.29, 0.717) is 19.5 Å². The molecular formula is C13H18N2O3S. The molecule has 0 spiro atoms. The van der Waals surface area contributed by atoms with Crippen molar-refractivity contribution in [2.45, 2.75) is 25.4 Å². The standard InChI is InChI=1S/C13H18N2O3S/c1-19(17,18)14-12-8-5-9-15(13(12)16)10-11-6-3-2-4-7-11/h2-4,6-7,12,14H,5,8-10H2,1H3. The summed E-state index contributed by atoms with van der Waals surface area (Å²) in [5.74, 6) is -0.138. The van der Waals surface area contributed by atoms with Gasteiger partial charge in [0.05, 0.1) is 6.26 Å². The van der Waals surface area contributed by atoms with E-state index in [1.807, 2.05) is 30.3 Å². The summed E-state index contributed by atoms with van der Waals surface area (Å²) >= 11 is 0. The quantitative estimate of drug-likeness (QED) is 0.885. The van der Waals surface area contributed by atoms with Gasteiger partial charge in [-0.3, -0.25) is 4.79 Å². The Morgan fingerprint density at radius 2 is 2.00 bits per heavy atom. The molecule has 5 nitrogen and oxygen atoms in total. The molecular weight excluding hydrogens is 264 g/mol. The maximum absolute atomic E-state index is 12.2. The molecule has 1 amide bonds. The molecule has 1 atom stereocenters. The summed E-state index contributed by atoms with van der Waals surface area (Å²) in [6.07, 6.45) is 2.46. The summed E-state index contributed by atoms with van der Waals surface area (Å²) in [6, 6.07) is 9.08. The molecule has 1 N–H and O–H groups in total. The molecule has 1 aliphatic rings. The second kappa shape index (κ2) is 5.71. The number of carbonyl (C=O) groups excluding carboxylic acids is 1. The molecule has 1 saturated heterocycles. The van der Waals surface area contributed by atoms with Crippen molar-refractivity contribution in [1.82, 2.24) is 9.62 Å². The van der Waals surface area contributed by atoms with Crippen LogP contribution in [0, 0.1) is 0 Å². The van der Waals surface area contributed by atoms with Crippen LogP contribution in [-0.4, -0.2) is 38.1 Å². The number of rotatable bonds is 4. The van der Waals surface area contributed by atoms with Gasteiger partial charge >= 0.3 is 0 Å². The average Bonchev–Trinajstić information content (AvgIpc) is 2.34. The van der Waals surface area contributed by atoms with Gasteiger partial charge in [0.15, 0.2) is 0 Å². The molecule has 1 heterocycles. The van der Waals surface area contributed by atoms with Gasteiger partial charge in [0.2, 0.25) is 15.9 Å². The molecule has 0 saturated carbocycles. The predicted octanol–water partition coefficient (Wildman–Crippen LogP) is 0.727. The molecule has 1 fully saturated rings. The highest BCUT2D eigenvalue weighted by atomic mass is 32.2. The summed E-state index contributed by atoms with van der Waals surface area (Å²) in [5.41, 5.74) is 1.05. The zero-order valence-electron chi connectivity index (χ0n) is 10.9. The fourth-order valence-electron chi connectivity index (χ4n) is 2.27. The molecule has 0 radical (unpaired) electrons. The van der Waals surface area contributed by atoms with Gasteiger partial charge in [-0.25, -0.2) is 13.1 Å². The number of hydrogen-bond acceptors (Lipinski definition) is 3. The number of amides is 1. The van der Waals surface area contributed by atoms with E-state index in [9.17, 15) is 13.2 Å². The Labute approximate surface area is 113 Å². The van der Waals surface area contributed by atoms with Crippen molar-refractivity contribution in [2.75, 3.05) is 12.8 Å². The Morgan fingerprint density at radius 1 is 1.32 bits per heavy atom. The number of piperidine rings is 1. The van der Waals surface area contributed by atoms with E-state index in [1.54, 1.807) is 4.90 Å². The van der Waals surface area contributed by atoms with Crippen molar-refractivity contribution < 1.29 is 13.2 Å². The maximum Gasteiger partial charge on any atom is 0.241 e. The minimum Gasteiger partial charge on any atom is -0.337 e. The number of hydrogen-bond donors (Lipinski definition) is 1. The molecule has 1 unspecified atom stereocenters. The number of nitrogens with zero attached hydrogens (tertiary/aromatic N) is 1. The summed E-state index contributed by atoms with van der Waals surface area (Å²) in [7, 11) is -3.35. The molecule has 19 heavy (non-hydrogen) atoms. The van der Waals surface area contributed by atoms with Crippen LogP contribution in [-0.2, 0) is 21.4 Å². The van der Waals surface area contributed by atoms with Gasteiger partial charge in [0.1, 0.15) is 6.04 Å². The van der Waals surface area contributed by atoms with E-state index in [0.717, 1.165) is 18.2 Å². The van der Waals surface area contributed by atoms with Crippen LogP contribution in [0.4, 0.5) is 0 Å². The fourth-order valence-corrected chi connectivity index (χ4v) is 3.00. The van der Waals surface area contributed by atoms with Gasteiger partial charge in [0, 0.05) is 13.1 Å². The van der Waals surface area contributed by atoms with Crippen LogP contribution in [0.5, 0.6) is 0 Å². The highest BCUT2D eigenvalue weighted by Gasteiger charge is 2.30. The van der Waals surface area contributed by atoms with Crippen molar-refractivity contribution in [3.05, 3.63) is 35.9 Å². The Bertz CT molecular complexity index is 542. The minimum atomic E-state index is -3.35. The SMILES string of the molecule is CS(=O)(=O)NC1CCCN(Cc2ccccc2)C1=O. The zero-order valence-corrected chi connectivity index (χ0v) is 11.7. The fraction of sp³-hybridized carbons (Fsp3) is 0.462. The van der Waals surface area contributed by atoms with E-state index in [2.05, 4.69) is 4.72 Å². The van der Waals surface area contributed by atoms with Crippen LogP contribution in [0.15, 0.2) is 30.3 Å². The normalized spacial score (nSPS) is 20.6. The third kappa shape index (κ3) is 4.04. The molecule has 104 valence electrons. The van der Waals surface area contributed by atoms with E-state index >= 15 is 0 Å². The van der Waals surface area contributed by atoms with Gasteiger partial charge in [-0.05, 0) is 18.4 Å². The highest BCUT2D eigenvalue weighted by molar-refractivity contribution is 7.88. The minimum absolute atomic E-state index is 0.138. The first kappa shape index (κ1) is 14.0. The number of sulfonamides is 1. The van der Waals surface area contributed by atoms with Crippen molar-refractivity contribution in [3.8, 4) is 0 Å². The first-order valence-electron chi connectivity index (χ1n) is 6.26. The lowest BCUT2D eigenvalue weighted by Crippen LogP contribution is -2.51. The van der Waals surface area contributed by atoms with Gasteiger partial charge < -0.3 is 4.90 Å². The average molecular weight is 282 g/mol. The van der Waals surface area contributed by atoms with Crippen LogP contribution in [0.25, 0.3) is 0 Å². The largest absolute Gasteiger partial charge is 0.337 e. The molecule has 1 aromatic carbocycles. The number of carbonyl (C=O) groups is 1. The molecule has 2 rings (SSSR count). The summed E-state index contributed by atoms with van der Waals surface area (Å²) < 4.78 is 24.9. The Kier molecular flexibility index (Phi) is 4.21. The number of likely N-dealkylation sites (tertiary alicyclic amines) is 1. The van der Waals surface area contributed by atoms with Gasteiger partial charge in [-0.1, -0.05) is 30.3 Å². The van der Waals surface area contributed by atoms with E-state index in [-0.39, 0.29) is 5.91 Å². The predicted molar refractivity (Wildman–Crippen MR) is 72.9 cm³/mol. The van der Waals surface area contributed by atoms with Crippen LogP contribution >= 0.6 is 0 Å². The number of nitrogens with one attached hydrogen (secondary N) is 1. The van der Waals surface area contributed by atoms with Crippen molar-refractivity contribution in [2.24, 2.45) is 0 Å². The third-order valence-corrected chi connectivity index (χ3v) is 3.82. The van der Waals surface area contributed by atoms with Crippen molar-refractivity contribution in [3.63, 3.8) is 0 Å². The zero-order chi connectivity index (χ0) is 13.9. The second-order valence-electron chi connectivity index (χ2n) is 4.83. The Hall–Kier alpha value is -1.40. The van der Waals surface area contributed by atoms with Crippen LogP contribution in [0.3, 0.4) is 0 Å². The number of benzene rings is 1. The Morgan fingerprint density at radius 3 is 2.63 bits per heavy atom. The summed E-state index contributed by atoms with van der Waals surface area (Å²) in [6.45, 7) is 1.21. The van der Waals surface area contributed by atoms with E-state index < -0.39 is 16.1 Å². The van der Waals surface area contributed by atoms with Gasteiger partial charge in [-0.15, -0.1) is 0 Å². The lowest BCUT2D eigenvalue weighted by atomic mass is 10.0. The van der Waals surface area contributed by atoms with Crippen LogP contribution in [0.1, 0.15) is 18.4 Å². The molecule has 0 bridgehead atoms. The highest BCUT2D eigenvalue weighted by Crippen LogP contribution is 2.15.